The molecule has 7 nitrogen and oxygen atoms in total. The van der Waals surface area contributed by atoms with Gasteiger partial charge in [0, 0.05) is 30.7 Å². The van der Waals surface area contributed by atoms with E-state index in [1.165, 1.54) is 32.3 Å². The van der Waals surface area contributed by atoms with Gasteiger partial charge in [-0.05, 0) is 29.8 Å². The van der Waals surface area contributed by atoms with E-state index in [0.29, 0.717) is 15.6 Å². The minimum absolute atomic E-state index is 0.0479. The van der Waals surface area contributed by atoms with E-state index in [1.807, 2.05) is 0 Å². The maximum atomic E-state index is 13.7. The Kier molecular flexibility index (Phi) is 6.49. The minimum atomic E-state index is -3.67. The van der Waals surface area contributed by atoms with Gasteiger partial charge in [-0.2, -0.15) is 0 Å². The Labute approximate surface area is 177 Å². The molecule has 0 unspecified atom stereocenters. The SMILES string of the molecule is CN(C)S(=O)(=O)c1ccccc1CNC(=O)COC(=O)c1cc2c(F)cccc2s1. The highest BCUT2D eigenvalue weighted by Crippen LogP contribution is 2.28. The first-order valence-electron chi connectivity index (χ1n) is 8.82. The van der Waals surface area contributed by atoms with Crippen molar-refractivity contribution in [1.82, 2.24) is 9.62 Å². The molecule has 1 aromatic heterocycles. The van der Waals surface area contributed by atoms with Crippen LogP contribution in [0, 0.1) is 5.82 Å². The quantitative estimate of drug-likeness (QED) is 0.559. The van der Waals surface area contributed by atoms with Gasteiger partial charge >= 0.3 is 5.97 Å². The number of carbonyl (C=O) groups excluding carboxylic acids is 2. The third-order valence-corrected chi connectivity index (χ3v) is 7.25. The van der Waals surface area contributed by atoms with Crippen LogP contribution in [-0.2, 0) is 26.1 Å². The molecule has 10 heteroatoms. The number of hydrogen-bond acceptors (Lipinski definition) is 6. The van der Waals surface area contributed by atoms with Crippen molar-refractivity contribution in [1.29, 1.82) is 0 Å². The van der Waals surface area contributed by atoms with E-state index in [0.717, 1.165) is 15.6 Å². The average Bonchev–Trinajstić information content (AvgIpc) is 3.16. The third kappa shape index (κ3) is 4.66. The van der Waals surface area contributed by atoms with E-state index in [4.69, 9.17) is 4.74 Å². The summed E-state index contributed by atoms with van der Waals surface area (Å²) < 4.78 is 45.2. The molecule has 0 aliphatic carbocycles. The van der Waals surface area contributed by atoms with Crippen molar-refractivity contribution < 1.29 is 27.1 Å². The predicted octanol–water partition coefficient (Wildman–Crippen LogP) is 2.76. The van der Waals surface area contributed by atoms with Crippen LogP contribution >= 0.6 is 11.3 Å². The largest absolute Gasteiger partial charge is 0.451 e. The Bertz CT molecular complexity index is 1200. The number of nitrogens with zero attached hydrogens (tertiary/aromatic N) is 1. The third-order valence-electron chi connectivity index (χ3n) is 4.25. The summed E-state index contributed by atoms with van der Waals surface area (Å²) in [5.41, 5.74) is 0.408. The van der Waals surface area contributed by atoms with Gasteiger partial charge in [-0.25, -0.2) is 21.9 Å². The second-order valence-corrected chi connectivity index (χ2v) is 9.71. The topological polar surface area (TPSA) is 92.8 Å². The second kappa shape index (κ2) is 8.90. The molecule has 3 aromatic rings. The normalized spacial score (nSPS) is 11.6. The molecular weight excluding hydrogens is 431 g/mol. The summed E-state index contributed by atoms with van der Waals surface area (Å²) in [5.74, 6) is -1.76. The van der Waals surface area contributed by atoms with Crippen LogP contribution in [0.3, 0.4) is 0 Å². The second-order valence-electron chi connectivity index (χ2n) is 6.51. The molecular formula is C20H19FN2O5S2. The molecule has 30 heavy (non-hydrogen) atoms. The van der Waals surface area contributed by atoms with Crippen LogP contribution in [-0.4, -0.2) is 45.3 Å². The van der Waals surface area contributed by atoms with E-state index in [9.17, 15) is 22.4 Å². The zero-order valence-electron chi connectivity index (χ0n) is 16.2. The van der Waals surface area contributed by atoms with E-state index >= 15 is 0 Å². The first-order chi connectivity index (χ1) is 14.2. The fourth-order valence-electron chi connectivity index (χ4n) is 2.67. The smallest absolute Gasteiger partial charge is 0.348 e. The molecule has 1 amide bonds. The molecule has 2 aromatic carbocycles. The Morgan fingerprint density at radius 3 is 2.57 bits per heavy atom. The number of nitrogens with one attached hydrogen (secondary N) is 1. The van der Waals surface area contributed by atoms with E-state index in [1.54, 1.807) is 30.3 Å². The number of sulfonamides is 1. The molecule has 158 valence electrons. The highest BCUT2D eigenvalue weighted by atomic mass is 32.2. The standard InChI is InChI=1S/C20H19FN2O5S2/c1-23(2)30(26,27)18-9-4-3-6-13(18)11-22-19(24)12-28-20(25)17-10-14-15(21)7-5-8-16(14)29-17/h3-10H,11-12H2,1-2H3,(H,22,24). The molecule has 0 fully saturated rings. The number of thiophene rings is 1. The van der Waals surface area contributed by atoms with Crippen molar-refractivity contribution >= 4 is 43.3 Å². The Hall–Kier alpha value is -2.82. The Balaban J connectivity index is 1.60. The highest BCUT2D eigenvalue weighted by Gasteiger charge is 2.21. The van der Waals surface area contributed by atoms with Gasteiger partial charge in [0.05, 0.1) is 4.90 Å². The lowest BCUT2D eigenvalue weighted by Crippen LogP contribution is -2.30. The molecule has 0 radical (unpaired) electrons. The number of benzene rings is 2. The van der Waals surface area contributed by atoms with Gasteiger partial charge in [0.2, 0.25) is 10.0 Å². The molecule has 0 aliphatic rings. The van der Waals surface area contributed by atoms with Gasteiger partial charge in [0.25, 0.3) is 5.91 Å². The number of halogens is 1. The molecule has 0 saturated heterocycles. The zero-order chi connectivity index (χ0) is 21.9. The average molecular weight is 451 g/mol. The zero-order valence-corrected chi connectivity index (χ0v) is 17.8. The van der Waals surface area contributed by atoms with Crippen LogP contribution in [0.4, 0.5) is 4.39 Å². The summed E-state index contributed by atoms with van der Waals surface area (Å²) in [6.45, 7) is -0.591. The van der Waals surface area contributed by atoms with Crippen LogP contribution in [0.1, 0.15) is 15.2 Å². The molecule has 3 rings (SSSR count). The molecule has 1 heterocycles. The number of amides is 1. The van der Waals surface area contributed by atoms with Gasteiger partial charge in [0.15, 0.2) is 6.61 Å². The number of rotatable bonds is 7. The van der Waals surface area contributed by atoms with Gasteiger partial charge in [0.1, 0.15) is 10.7 Å². The highest BCUT2D eigenvalue weighted by molar-refractivity contribution is 7.89. The number of ether oxygens (including phenoxy) is 1. The first kappa shape index (κ1) is 21.9. The number of carbonyl (C=O) groups is 2. The van der Waals surface area contributed by atoms with Crippen molar-refractivity contribution in [3.63, 3.8) is 0 Å². The number of fused-ring (bicyclic) bond motifs is 1. The molecule has 0 atom stereocenters. The number of esters is 1. The lowest BCUT2D eigenvalue weighted by atomic mass is 10.2. The number of hydrogen-bond donors (Lipinski definition) is 1. The van der Waals surface area contributed by atoms with Gasteiger partial charge < -0.3 is 10.1 Å². The van der Waals surface area contributed by atoms with Crippen LogP contribution in [0.5, 0.6) is 0 Å². The van der Waals surface area contributed by atoms with Crippen molar-refractivity contribution in [3.05, 3.63) is 64.8 Å². The fraction of sp³-hybridized carbons (Fsp3) is 0.200. The summed E-state index contributed by atoms with van der Waals surface area (Å²) in [6.07, 6.45) is 0. The van der Waals surface area contributed by atoms with Gasteiger partial charge in [-0.15, -0.1) is 11.3 Å². The summed E-state index contributed by atoms with van der Waals surface area (Å²) in [7, 11) is -0.825. The minimum Gasteiger partial charge on any atom is -0.451 e. The summed E-state index contributed by atoms with van der Waals surface area (Å²) >= 11 is 1.07. The van der Waals surface area contributed by atoms with Crippen LogP contribution in [0.25, 0.3) is 10.1 Å². The monoisotopic (exact) mass is 450 g/mol. The van der Waals surface area contributed by atoms with Crippen LogP contribution in [0.2, 0.25) is 0 Å². The van der Waals surface area contributed by atoms with Crippen LogP contribution in [0.15, 0.2) is 53.4 Å². The Morgan fingerprint density at radius 2 is 1.87 bits per heavy atom. The van der Waals surface area contributed by atoms with Gasteiger partial charge in [-0.3, -0.25) is 4.79 Å². The van der Waals surface area contributed by atoms with Gasteiger partial charge in [-0.1, -0.05) is 24.3 Å². The van der Waals surface area contributed by atoms with Crippen LogP contribution < -0.4 is 5.32 Å². The first-order valence-corrected chi connectivity index (χ1v) is 11.1. The van der Waals surface area contributed by atoms with E-state index in [2.05, 4.69) is 5.32 Å². The fourth-order valence-corrected chi connectivity index (χ4v) is 4.76. The van der Waals surface area contributed by atoms with Crippen molar-refractivity contribution in [2.75, 3.05) is 20.7 Å². The molecule has 0 saturated carbocycles. The summed E-state index contributed by atoms with van der Waals surface area (Å²) in [4.78, 5) is 24.5. The molecule has 0 bridgehead atoms. The molecule has 1 N–H and O–H groups in total. The maximum Gasteiger partial charge on any atom is 0.348 e. The van der Waals surface area contributed by atoms with E-state index < -0.39 is 34.3 Å². The van der Waals surface area contributed by atoms with Crippen molar-refractivity contribution in [3.8, 4) is 0 Å². The van der Waals surface area contributed by atoms with E-state index in [-0.39, 0.29) is 16.3 Å². The Morgan fingerprint density at radius 1 is 1.13 bits per heavy atom. The summed E-state index contributed by atoms with van der Waals surface area (Å²) in [6, 6.07) is 12.2. The van der Waals surface area contributed by atoms with Crippen molar-refractivity contribution in [2.45, 2.75) is 11.4 Å². The summed E-state index contributed by atoms with van der Waals surface area (Å²) in [5, 5.41) is 2.85. The maximum absolute atomic E-state index is 13.7. The lowest BCUT2D eigenvalue weighted by Gasteiger charge is -2.15. The lowest BCUT2D eigenvalue weighted by molar-refractivity contribution is -0.124. The molecule has 0 aliphatic heterocycles. The molecule has 0 spiro atoms. The van der Waals surface area contributed by atoms with Crippen molar-refractivity contribution in [2.24, 2.45) is 0 Å². The predicted molar refractivity (Wildman–Crippen MR) is 111 cm³/mol.